The maximum absolute atomic E-state index is 12.4. The van der Waals surface area contributed by atoms with Crippen LogP contribution in [0.25, 0.3) is 11.3 Å². The van der Waals surface area contributed by atoms with Crippen molar-refractivity contribution in [2.45, 2.75) is 20.5 Å². The number of ether oxygens (including phenoxy) is 3. The molecule has 9 nitrogen and oxygen atoms in total. The second kappa shape index (κ2) is 12.7. The number of benzene rings is 3. The highest BCUT2D eigenvalue weighted by molar-refractivity contribution is 5.80. The van der Waals surface area contributed by atoms with Gasteiger partial charge >= 0.3 is 0 Å². The largest absolute Gasteiger partial charge is 0.490 e. The average molecular weight is 510 g/mol. The zero-order valence-corrected chi connectivity index (χ0v) is 21.1. The van der Waals surface area contributed by atoms with Gasteiger partial charge in [-0.2, -0.15) is 10.4 Å². The van der Waals surface area contributed by atoms with E-state index in [9.17, 15) is 10.1 Å². The van der Waals surface area contributed by atoms with Gasteiger partial charge in [0.1, 0.15) is 24.0 Å². The zero-order chi connectivity index (χ0) is 26.7. The first-order valence-electron chi connectivity index (χ1n) is 12.1. The van der Waals surface area contributed by atoms with Gasteiger partial charge in [-0.05, 0) is 61.4 Å². The number of hydrogen-bond donors (Lipinski definition) is 2. The van der Waals surface area contributed by atoms with Crippen LogP contribution in [0.2, 0.25) is 0 Å². The molecule has 0 radical (unpaired) electrons. The quantitative estimate of drug-likeness (QED) is 0.212. The summed E-state index contributed by atoms with van der Waals surface area (Å²) in [5.74, 6) is 2.24. The predicted octanol–water partition coefficient (Wildman–Crippen LogP) is 5.13. The molecule has 38 heavy (non-hydrogen) atoms. The third-order valence-corrected chi connectivity index (χ3v) is 5.36. The summed E-state index contributed by atoms with van der Waals surface area (Å²) in [5.41, 5.74) is 4.86. The molecule has 192 valence electrons. The summed E-state index contributed by atoms with van der Waals surface area (Å²) in [6, 6.07) is 24.1. The highest BCUT2D eigenvalue weighted by atomic mass is 16.5. The van der Waals surface area contributed by atoms with Gasteiger partial charge in [0.25, 0.3) is 5.56 Å². The van der Waals surface area contributed by atoms with Crippen LogP contribution >= 0.6 is 0 Å². The van der Waals surface area contributed by atoms with E-state index in [2.05, 4.69) is 20.5 Å². The number of aromatic amines is 1. The number of aromatic nitrogens is 2. The maximum Gasteiger partial charge on any atom is 0.270 e. The van der Waals surface area contributed by atoms with Crippen molar-refractivity contribution in [2.24, 2.45) is 5.10 Å². The minimum absolute atomic E-state index is 0.0549. The smallest absolute Gasteiger partial charge is 0.270 e. The van der Waals surface area contributed by atoms with Gasteiger partial charge in [-0.3, -0.25) is 9.78 Å². The molecule has 0 aliphatic rings. The van der Waals surface area contributed by atoms with E-state index in [1.54, 1.807) is 18.3 Å². The lowest BCUT2D eigenvalue weighted by atomic mass is 10.1. The molecule has 9 heteroatoms. The van der Waals surface area contributed by atoms with Crippen molar-refractivity contribution in [1.82, 2.24) is 9.97 Å². The van der Waals surface area contributed by atoms with Gasteiger partial charge in [0.2, 0.25) is 5.95 Å². The molecule has 0 unspecified atom stereocenters. The molecule has 3 aromatic carbocycles. The molecule has 4 rings (SSSR count). The van der Waals surface area contributed by atoms with Gasteiger partial charge in [0.15, 0.2) is 11.5 Å². The van der Waals surface area contributed by atoms with E-state index in [4.69, 9.17) is 14.2 Å². The first kappa shape index (κ1) is 26.0. The Kier molecular flexibility index (Phi) is 8.71. The molecule has 0 saturated carbocycles. The topological polar surface area (TPSA) is 122 Å². The van der Waals surface area contributed by atoms with Crippen molar-refractivity contribution in [1.29, 1.82) is 5.26 Å². The first-order valence-corrected chi connectivity index (χ1v) is 12.1. The lowest BCUT2D eigenvalue weighted by molar-refractivity contribution is 0.283. The molecule has 1 aromatic heterocycles. The van der Waals surface area contributed by atoms with Crippen molar-refractivity contribution in [3.05, 3.63) is 99.8 Å². The Hall–Kier alpha value is -5.10. The summed E-state index contributed by atoms with van der Waals surface area (Å²) in [4.78, 5) is 19.3. The number of rotatable bonds is 11. The Morgan fingerprint density at radius 1 is 0.974 bits per heavy atom. The fraction of sp³-hybridized carbons (Fsp3) is 0.172. The van der Waals surface area contributed by atoms with Crippen LogP contribution < -0.4 is 25.2 Å². The van der Waals surface area contributed by atoms with Gasteiger partial charge < -0.3 is 14.2 Å². The van der Waals surface area contributed by atoms with Crippen LogP contribution in [0.1, 0.15) is 30.5 Å². The Morgan fingerprint density at radius 2 is 1.71 bits per heavy atom. The standard InChI is InChI=1S/C29H27N5O4/c1-3-36-25-15-12-21(16-26(25)37-4-2)19-38-23-13-10-20(11-14-23)18-31-34-29-32-27(22-8-6-5-7-9-22)24(17-30)28(35)33-29/h5-16,18H,3-4,19H2,1-2H3,(H2,32,33,34,35). The number of anilines is 1. The minimum Gasteiger partial charge on any atom is -0.490 e. The minimum atomic E-state index is -0.540. The summed E-state index contributed by atoms with van der Waals surface area (Å²) in [6.45, 7) is 5.36. The van der Waals surface area contributed by atoms with Crippen LogP contribution in [-0.4, -0.2) is 29.4 Å². The lowest BCUT2D eigenvalue weighted by Gasteiger charge is -2.13. The van der Waals surface area contributed by atoms with Crippen LogP contribution in [0.4, 0.5) is 5.95 Å². The Morgan fingerprint density at radius 3 is 2.42 bits per heavy atom. The molecule has 0 spiro atoms. The summed E-state index contributed by atoms with van der Waals surface area (Å²) in [6.07, 6.45) is 1.59. The van der Waals surface area contributed by atoms with E-state index in [-0.39, 0.29) is 17.2 Å². The summed E-state index contributed by atoms with van der Waals surface area (Å²) >= 11 is 0. The fourth-order valence-corrected chi connectivity index (χ4v) is 3.60. The van der Waals surface area contributed by atoms with Crippen LogP contribution in [-0.2, 0) is 6.61 Å². The van der Waals surface area contributed by atoms with Gasteiger partial charge in [0.05, 0.1) is 25.1 Å². The SMILES string of the molecule is CCOc1ccc(COc2ccc(C=NNc3nc(-c4ccccc4)c(C#N)c(=O)[nH]3)cc2)cc1OCC. The first-order chi connectivity index (χ1) is 18.6. The van der Waals surface area contributed by atoms with E-state index in [0.29, 0.717) is 42.6 Å². The Balaban J connectivity index is 1.39. The van der Waals surface area contributed by atoms with E-state index in [0.717, 1.165) is 11.1 Å². The third kappa shape index (κ3) is 6.56. The number of hydrogen-bond acceptors (Lipinski definition) is 8. The van der Waals surface area contributed by atoms with Crippen molar-refractivity contribution in [3.63, 3.8) is 0 Å². The summed E-state index contributed by atoms with van der Waals surface area (Å²) < 4.78 is 17.2. The summed E-state index contributed by atoms with van der Waals surface area (Å²) in [5, 5.41) is 13.5. The molecular formula is C29H27N5O4. The van der Waals surface area contributed by atoms with Crippen LogP contribution in [0.15, 0.2) is 82.7 Å². The molecule has 0 aliphatic carbocycles. The van der Waals surface area contributed by atoms with Crippen LogP contribution in [0.3, 0.4) is 0 Å². The second-order valence-electron chi connectivity index (χ2n) is 7.99. The number of nitriles is 1. The number of nitrogens with one attached hydrogen (secondary N) is 2. The monoisotopic (exact) mass is 509 g/mol. The number of H-pyrrole nitrogens is 1. The molecule has 1 heterocycles. The second-order valence-corrected chi connectivity index (χ2v) is 7.99. The number of nitrogens with zero attached hydrogens (tertiary/aromatic N) is 3. The van der Waals surface area contributed by atoms with Gasteiger partial charge in [0, 0.05) is 5.56 Å². The Bertz CT molecular complexity index is 1490. The molecule has 2 N–H and O–H groups in total. The number of hydrazone groups is 1. The Labute approximate surface area is 220 Å². The van der Waals surface area contributed by atoms with Gasteiger partial charge in [-0.15, -0.1) is 0 Å². The van der Waals surface area contributed by atoms with Crippen molar-refractivity contribution in [3.8, 4) is 34.6 Å². The highest BCUT2D eigenvalue weighted by Gasteiger charge is 2.13. The molecular weight excluding hydrogens is 482 g/mol. The molecule has 4 aromatic rings. The lowest BCUT2D eigenvalue weighted by Crippen LogP contribution is -2.16. The van der Waals surface area contributed by atoms with Crippen LogP contribution in [0.5, 0.6) is 17.2 Å². The van der Waals surface area contributed by atoms with E-state index in [1.807, 2.05) is 80.6 Å². The maximum atomic E-state index is 12.4. The van der Waals surface area contributed by atoms with Gasteiger partial charge in [-0.25, -0.2) is 10.4 Å². The zero-order valence-electron chi connectivity index (χ0n) is 21.1. The summed E-state index contributed by atoms with van der Waals surface area (Å²) in [7, 11) is 0. The predicted molar refractivity (Wildman–Crippen MR) is 146 cm³/mol. The molecule has 0 fully saturated rings. The molecule has 0 aliphatic heterocycles. The third-order valence-electron chi connectivity index (χ3n) is 5.36. The van der Waals surface area contributed by atoms with Crippen LogP contribution in [0, 0.1) is 11.3 Å². The highest BCUT2D eigenvalue weighted by Crippen LogP contribution is 2.29. The van der Waals surface area contributed by atoms with E-state index >= 15 is 0 Å². The molecule has 0 bridgehead atoms. The van der Waals surface area contributed by atoms with E-state index < -0.39 is 5.56 Å². The normalized spacial score (nSPS) is 10.7. The van der Waals surface area contributed by atoms with Crippen molar-refractivity contribution in [2.75, 3.05) is 18.6 Å². The van der Waals surface area contributed by atoms with Crippen molar-refractivity contribution >= 4 is 12.2 Å². The molecule has 0 amide bonds. The molecule has 0 saturated heterocycles. The van der Waals surface area contributed by atoms with Crippen molar-refractivity contribution < 1.29 is 14.2 Å². The van der Waals surface area contributed by atoms with Gasteiger partial charge in [-0.1, -0.05) is 36.4 Å². The average Bonchev–Trinajstić information content (AvgIpc) is 2.94. The fourth-order valence-electron chi connectivity index (χ4n) is 3.60. The molecule has 0 atom stereocenters. The van der Waals surface area contributed by atoms with E-state index in [1.165, 1.54) is 0 Å².